The molecule has 0 atom stereocenters. The van der Waals surface area contributed by atoms with E-state index in [1.165, 1.54) is 70.3 Å². The lowest BCUT2D eigenvalue weighted by Crippen LogP contribution is -2.14. The summed E-state index contributed by atoms with van der Waals surface area (Å²) < 4.78 is 0. The van der Waals surface area contributed by atoms with Crippen LogP contribution in [0.3, 0.4) is 0 Å². The van der Waals surface area contributed by atoms with E-state index in [1.54, 1.807) is 0 Å². The van der Waals surface area contributed by atoms with E-state index in [2.05, 4.69) is 25.2 Å². The zero-order valence-corrected chi connectivity index (χ0v) is 15.5. The molecule has 1 heteroatoms. The first-order chi connectivity index (χ1) is 11.8. The Balaban J connectivity index is 1.59. The fourth-order valence-electron chi connectivity index (χ4n) is 4.38. The highest BCUT2D eigenvalue weighted by molar-refractivity contribution is 5.11. The second-order valence-electron chi connectivity index (χ2n) is 7.85. The molecular formula is C23H35N. The number of rotatable bonds is 7. The molecule has 0 radical (unpaired) electrons. The lowest BCUT2D eigenvalue weighted by molar-refractivity contribution is 0.290. The SMILES string of the molecule is CC[C@H]1CC[C@H](C=CC2CCC(CCC=CC=CC#N)CC2)CC1. The highest BCUT2D eigenvalue weighted by Gasteiger charge is 2.21. The summed E-state index contributed by atoms with van der Waals surface area (Å²) in [4.78, 5) is 0. The number of hydrogen-bond acceptors (Lipinski definition) is 1. The summed E-state index contributed by atoms with van der Waals surface area (Å²) >= 11 is 0. The van der Waals surface area contributed by atoms with Crippen LogP contribution < -0.4 is 0 Å². The molecule has 24 heavy (non-hydrogen) atoms. The van der Waals surface area contributed by atoms with Crippen LogP contribution in [-0.4, -0.2) is 0 Å². The summed E-state index contributed by atoms with van der Waals surface area (Å²) in [6, 6.07) is 2.02. The van der Waals surface area contributed by atoms with Crippen LogP contribution in [0.1, 0.15) is 77.6 Å². The van der Waals surface area contributed by atoms with Gasteiger partial charge in [0.25, 0.3) is 0 Å². The van der Waals surface area contributed by atoms with E-state index in [0.717, 1.165) is 30.1 Å². The van der Waals surface area contributed by atoms with Crippen molar-refractivity contribution >= 4 is 0 Å². The maximum Gasteiger partial charge on any atom is 0.0912 e. The normalized spacial score (nSPS) is 31.8. The number of allylic oxidation sites excluding steroid dienone is 6. The largest absolute Gasteiger partial charge is 0.193 e. The van der Waals surface area contributed by atoms with Crippen LogP contribution in [0.15, 0.2) is 36.5 Å². The van der Waals surface area contributed by atoms with E-state index < -0.39 is 0 Å². The molecule has 0 saturated heterocycles. The predicted octanol–water partition coefficient (Wildman–Crippen LogP) is 6.98. The Morgan fingerprint density at radius 2 is 1.42 bits per heavy atom. The van der Waals surface area contributed by atoms with Gasteiger partial charge in [0, 0.05) is 6.08 Å². The third-order valence-electron chi connectivity index (χ3n) is 6.18. The molecule has 0 aromatic carbocycles. The molecule has 132 valence electrons. The van der Waals surface area contributed by atoms with Gasteiger partial charge >= 0.3 is 0 Å². The van der Waals surface area contributed by atoms with Gasteiger partial charge in [-0.3, -0.25) is 0 Å². The molecule has 0 spiro atoms. The second-order valence-corrected chi connectivity index (χ2v) is 7.85. The number of hydrogen-bond donors (Lipinski definition) is 0. The maximum atomic E-state index is 8.43. The predicted molar refractivity (Wildman–Crippen MR) is 103 cm³/mol. The van der Waals surface area contributed by atoms with Crippen molar-refractivity contribution in [3.8, 4) is 6.07 Å². The first kappa shape index (κ1) is 19.0. The summed E-state index contributed by atoms with van der Waals surface area (Å²) in [6.45, 7) is 2.35. The van der Waals surface area contributed by atoms with Gasteiger partial charge in [0.2, 0.25) is 0 Å². The van der Waals surface area contributed by atoms with Crippen molar-refractivity contribution in [3.05, 3.63) is 36.5 Å². The third-order valence-corrected chi connectivity index (χ3v) is 6.18. The second kappa shape index (κ2) is 11.3. The Labute approximate surface area is 149 Å². The molecule has 0 heterocycles. The molecule has 2 aliphatic carbocycles. The fourth-order valence-corrected chi connectivity index (χ4v) is 4.38. The minimum absolute atomic E-state index is 0.847. The molecule has 0 bridgehead atoms. The van der Waals surface area contributed by atoms with Crippen LogP contribution in [0.25, 0.3) is 0 Å². The zero-order valence-electron chi connectivity index (χ0n) is 15.5. The molecule has 0 amide bonds. The summed E-state index contributed by atoms with van der Waals surface area (Å²) in [6.07, 6.45) is 27.9. The first-order valence-electron chi connectivity index (χ1n) is 10.2. The van der Waals surface area contributed by atoms with Crippen molar-refractivity contribution in [2.75, 3.05) is 0 Å². The smallest absolute Gasteiger partial charge is 0.0912 e. The van der Waals surface area contributed by atoms with Crippen molar-refractivity contribution in [1.82, 2.24) is 0 Å². The Morgan fingerprint density at radius 3 is 1.96 bits per heavy atom. The summed E-state index contributed by atoms with van der Waals surface area (Å²) in [5, 5.41) is 8.43. The van der Waals surface area contributed by atoms with Crippen molar-refractivity contribution in [1.29, 1.82) is 5.26 Å². The van der Waals surface area contributed by atoms with Crippen LogP contribution in [0.5, 0.6) is 0 Å². The molecule has 1 nitrogen and oxygen atoms in total. The average molecular weight is 326 g/mol. The van der Waals surface area contributed by atoms with Crippen LogP contribution >= 0.6 is 0 Å². The van der Waals surface area contributed by atoms with E-state index in [0.29, 0.717) is 0 Å². The molecule has 0 aromatic rings. The Kier molecular flexibility index (Phi) is 8.96. The summed E-state index contributed by atoms with van der Waals surface area (Å²) in [5.74, 6) is 3.64. The summed E-state index contributed by atoms with van der Waals surface area (Å²) in [5.41, 5.74) is 0. The molecular weight excluding hydrogens is 290 g/mol. The topological polar surface area (TPSA) is 23.8 Å². The maximum absolute atomic E-state index is 8.43. The lowest BCUT2D eigenvalue weighted by Gasteiger charge is -2.28. The highest BCUT2D eigenvalue weighted by Crippen LogP contribution is 2.35. The standard InChI is InChI=1S/C23H35N/c1-2-20-9-11-22(12-10-20)17-18-23-15-13-21(14-16-23)8-6-4-3-5-7-19-24/h3-5,7,17-18,20-23H,2,6,8-16H2,1H3/t20-,21?,22-,23?. The molecule has 0 aliphatic heterocycles. The van der Waals surface area contributed by atoms with E-state index in [4.69, 9.17) is 5.26 Å². The minimum Gasteiger partial charge on any atom is -0.193 e. The monoisotopic (exact) mass is 325 g/mol. The Bertz CT molecular complexity index is 449. The van der Waals surface area contributed by atoms with Crippen LogP contribution in [0, 0.1) is 35.0 Å². The van der Waals surface area contributed by atoms with Crippen molar-refractivity contribution in [3.63, 3.8) is 0 Å². The molecule has 0 N–H and O–H groups in total. The Morgan fingerprint density at radius 1 is 0.833 bits per heavy atom. The van der Waals surface area contributed by atoms with Crippen LogP contribution in [0.2, 0.25) is 0 Å². The molecule has 0 aromatic heterocycles. The quantitative estimate of drug-likeness (QED) is 0.281. The van der Waals surface area contributed by atoms with Gasteiger partial charge in [-0.15, -0.1) is 0 Å². The molecule has 2 aliphatic rings. The van der Waals surface area contributed by atoms with Crippen LogP contribution in [-0.2, 0) is 0 Å². The van der Waals surface area contributed by atoms with E-state index in [-0.39, 0.29) is 0 Å². The van der Waals surface area contributed by atoms with Gasteiger partial charge in [0.15, 0.2) is 0 Å². The van der Waals surface area contributed by atoms with Gasteiger partial charge in [-0.1, -0.05) is 43.7 Å². The number of nitriles is 1. The van der Waals surface area contributed by atoms with Gasteiger partial charge in [-0.25, -0.2) is 0 Å². The zero-order chi connectivity index (χ0) is 17.0. The van der Waals surface area contributed by atoms with Gasteiger partial charge in [0.05, 0.1) is 6.07 Å². The molecule has 0 unspecified atom stereocenters. The average Bonchev–Trinajstić information content (AvgIpc) is 2.64. The van der Waals surface area contributed by atoms with E-state index >= 15 is 0 Å². The molecule has 2 saturated carbocycles. The first-order valence-corrected chi connectivity index (χ1v) is 10.2. The van der Waals surface area contributed by atoms with E-state index in [9.17, 15) is 0 Å². The highest BCUT2D eigenvalue weighted by atomic mass is 14.3. The van der Waals surface area contributed by atoms with E-state index in [1.807, 2.05) is 18.2 Å². The summed E-state index contributed by atoms with van der Waals surface area (Å²) in [7, 11) is 0. The fraction of sp³-hybridized carbons (Fsp3) is 0.696. The third kappa shape index (κ3) is 7.08. The van der Waals surface area contributed by atoms with Gasteiger partial charge in [0.1, 0.15) is 0 Å². The number of nitrogens with zero attached hydrogens (tertiary/aromatic N) is 1. The van der Waals surface area contributed by atoms with Crippen LogP contribution in [0.4, 0.5) is 0 Å². The van der Waals surface area contributed by atoms with Gasteiger partial charge in [-0.05, 0) is 87.9 Å². The van der Waals surface area contributed by atoms with Gasteiger partial charge in [-0.2, -0.15) is 5.26 Å². The lowest BCUT2D eigenvalue weighted by atomic mass is 9.78. The molecule has 2 fully saturated rings. The molecule has 2 rings (SSSR count). The minimum atomic E-state index is 0.847. The Hall–Kier alpha value is -1.29. The van der Waals surface area contributed by atoms with Crippen molar-refractivity contribution < 1.29 is 0 Å². The van der Waals surface area contributed by atoms with Crippen molar-refractivity contribution in [2.24, 2.45) is 23.7 Å². The van der Waals surface area contributed by atoms with Gasteiger partial charge < -0.3 is 0 Å². The van der Waals surface area contributed by atoms with Crippen molar-refractivity contribution in [2.45, 2.75) is 77.6 Å².